The van der Waals surface area contributed by atoms with Crippen LogP contribution in [0.4, 0.5) is 5.69 Å². The first-order chi connectivity index (χ1) is 9.25. The molecule has 0 saturated heterocycles. The molecule has 19 heavy (non-hydrogen) atoms. The van der Waals surface area contributed by atoms with E-state index in [1.165, 1.54) is 5.01 Å². The molecule has 4 heteroatoms. The fourth-order valence-electron chi connectivity index (χ4n) is 1.94. The van der Waals surface area contributed by atoms with Crippen LogP contribution in [0.15, 0.2) is 63.8 Å². The first-order valence-electron chi connectivity index (χ1n) is 5.96. The van der Waals surface area contributed by atoms with Crippen LogP contribution in [0, 0.1) is 0 Å². The Labute approximate surface area is 110 Å². The number of hydrogen-bond donors (Lipinski definition) is 0. The average Bonchev–Trinajstić information content (AvgIpc) is 3.03. The third kappa shape index (κ3) is 2.08. The Balaban J connectivity index is 1.96. The van der Waals surface area contributed by atoms with Gasteiger partial charge in [0.15, 0.2) is 0 Å². The molecule has 1 aromatic carbocycles. The van der Waals surface area contributed by atoms with Crippen molar-refractivity contribution in [3.63, 3.8) is 0 Å². The van der Waals surface area contributed by atoms with Gasteiger partial charge in [0.1, 0.15) is 5.76 Å². The zero-order chi connectivity index (χ0) is 13.2. The lowest BCUT2D eigenvalue weighted by Gasteiger charge is -2.10. The highest BCUT2D eigenvalue weighted by atomic mass is 16.3. The Morgan fingerprint density at radius 3 is 2.63 bits per heavy atom. The maximum absolute atomic E-state index is 12.3. The van der Waals surface area contributed by atoms with Gasteiger partial charge < -0.3 is 4.42 Å². The molecular formula is C15H12N2O2. The van der Waals surface area contributed by atoms with Gasteiger partial charge in [-0.05, 0) is 37.3 Å². The van der Waals surface area contributed by atoms with E-state index in [4.69, 9.17) is 4.42 Å². The maximum atomic E-state index is 12.3. The minimum Gasteiger partial charge on any atom is -0.465 e. The maximum Gasteiger partial charge on any atom is 0.280 e. The van der Waals surface area contributed by atoms with Crippen molar-refractivity contribution in [3.05, 3.63) is 60.1 Å². The topological polar surface area (TPSA) is 45.8 Å². The van der Waals surface area contributed by atoms with Crippen molar-refractivity contribution >= 4 is 23.4 Å². The number of carbonyl (C=O) groups is 1. The summed E-state index contributed by atoms with van der Waals surface area (Å²) >= 11 is 0. The first-order valence-corrected chi connectivity index (χ1v) is 5.96. The van der Waals surface area contributed by atoms with Crippen LogP contribution in [0.1, 0.15) is 12.7 Å². The number of hydrogen-bond acceptors (Lipinski definition) is 3. The summed E-state index contributed by atoms with van der Waals surface area (Å²) in [7, 11) is 0. The summed E-state index contributed by atoms with van der Waals surface area (Å²) in [6.45, 7) is 1.82. The molecule has 0 atom stereocenters. The van der Waals surface area contributed by atoms with E-state index >= 15 is 0 Å². The summed E-state index contributed by atoms with van der Waals surface area (Å²) in [5.74, 6) is 0.507. The number of hydrazone groups is 1. The van der Waals surface area contributed by atoms with Crippen LogP contribution >= 0.6 is 0 Å². The van der Waals surface area contributed by atoms with Crippen molar-refractivity contribution < 1.29 is 9.21 Å². The van der Waals surface area contributed by atoms with Crippen LogP contribution in [0.2, 0.25) is 0 Å². The SMILES string of the molecule is CC1=NN(c2ccccc2)C(=O)/C1=C\c1ccco1. The molecule has 0 spiro atoms. The summed E-state index contributed by atoms with van der Waals surface area (Å²) in [4.78, 5) is 12.3. The molecule has 2 aromatic rings. The predicted molar refractivity (Wildman–Crippen MR) is 73.7 cm³/mol. The van der Waals surface area contributed by atoms with Crippen molar-refractivity contribution in [1.29, 1.82) is 0 Å². The molecule has 94 valence electrons. The van der Waals surface area contributed by atoms with Crippen LogP contribution in [0.5, 0.6) is 0 Å². The molecule has 0 fully saturated rings. The molecule has 0 bridgehead atoms. The highest BCUT2D eigenvalue weighted by molar-refractivity contribution is 6.32. The van der Waals surface area contributed by atoms with Gasteiger partial charge in [-0.3, -0.25) is 4.79 Å². The minimum atomic E-state index is -0.139. The molecule has 2 heterocycles. The zero-order valence-electron chi connectivity index (χ0n) is 10.4. The van der Waals surface area contributed by atoms with Gasteiger partial charge in [0.05, 0.1) is 23.2 Å². The molecule has 1 amide bonds. The number of anilines is 1. The number of benzene rings is 1. The number of nitrogens with zero attached hydrogens (tertiary/aromatic N) is 2. The van der Waals surface area contributed by atoms with Crippen molar-refractivity contribution in [2.24, 2.45) is 5.10 Å². The number of amides is 1. The molecule has 1 aliphatic rings. The second-order valence-corrected chi connectivity index (χ2v) is 4.21. The molecule has 0 unspecified atom stereocenters. The molecular weight excluding hydrogens is 240 g/mol. The van der Waals surface area contributed by atoms with Crippen molar-refractivity contribution in [2.45, 2.75) is 6.92 Å². The van der Waals surface area contributed by atoms with Crippen LogP contribution in [-0.2, 0) is 4.79 Å². The van der Waals surface area contributed by atoms with Gasteiger partial charge in [-0.15, -0.1) is 0 Å². The molecule has 4 nitrogen and oxygen atoms in total. The minimum absolute atomic E-state index is 0.139. The van der Waals surface area contributed by atoms with E-state index in [1.54, 1.807) is 24.5 Å². The summed E-state index contributed by atoms with van der Waals surface area (Å²) in [6, 6.07) is 12.9. The molecule has 0 aliphatic carbocycles. The lowest BCUT2D eigenvalue weighted by Crippen LogP contribution is -2.21. The number of carbonyl (C=O) groups excluding carboxylic acids is 1. The number of furan rings is 1. The molecule has 0 N–H and O–H groups in total. The Hall–Kier alpha value is -2.62. The van der Waals surface area contributed by atoms with Crippen LogP contribution < -0.4 is 5.01 Å². The van der Waals surface area contributed by atoms with Crippen LogP contribution in [-0.4, -0.2) is 11.6 Å². The molecule has 0 saturated carbocycles. The molecule has 1 aromatic heterocycles. The smallest absolute Gasteiger partial charge is 0.280 e. The Morgan fingerprint density at radius 1 is 1.16 bits per heavy atom. The predicted octanol–water partition coefficient (Wildman–Crippen LogP) is 3.09. The average molecular weight is 252 g/mol. The fraction of sp³-hybridized carbons (Fsp3) is 0.0667. The van der Waals surface area contributed by atoms with Crippen molar-refractivity contribution in [2.75, 3.05) is 5.01 Å². The van der Waals surface area contributed by atoms with Gasteiger partial charge in [-0.2, -0.15) is 10.1 Å². The lowest BCUT2D eigenvalue weighted by molar-refractivity contribution is -0.114. The van der Waals surface area contributed by atoms with Gasteiger partial charge >= 0.3 is 0 Å². The quantitative estimate of drug-likeness (QED) is 0.771. The third-order valence-electron chi connectivity index (χ3n) is 2.89. The second kappa shape index (κ2) is 4.57. The standard InChI is InChI=1S/C15H12N2O2/c1-11-14(10-13-8-5-9-19-13)15(18)17(16-11)12-6-3-2-4-7-12/h2-10H,1H3/b14-10-. The highest BCUT2D eigenvalue weighted by Gasteiger charge is 2.28. The van der Waals surface area contributed by atoms with Gasteiger partial charge in [0.25, 0.3) is 5.91 Å². The van der Waals surface area contributed by atoms with E-state index < -0.39 is 0 Å². The molecule has 0 radical (unpaired) electrons. The van der Waals surface area contributed by atoms with Gasteiger partial charge in [0, 0.05) is 0 Å². The Bertz CT molecular complexity index is 655. The van der Waals surface area contributed by atoms with E-state index in [0.29, 0.717) is 17.0 Å². The summed E-state index contributed by atoms with van der Waals surface area (Å²) in [5, 5.41) is 5.70. The van der Waals surface area contributed by atoms with Crippen molar-refractivity contribution in [3.8, 4) is 0 Å². The second-order valence-electron chi connectivity index (χ2n) is 4.21. The van der Waals surface area contributed by atoms with Gasteiger partial charge in [-0.25, -0.2) is 0 Å². The molecule has 1 aliphatic heterocycles. The van der Waals surface area contributed by atoms with E-state index in [0.717, 1.165) is 5.69 Å². The monoisotopic (exact) mass is 252 g/mol. The van der Waals surface area contributed by atoms with Gasteiger partial charge in [-0.1, -0.05) is 18.2 Å². The molecule has 3 rings (SSSR count). The van der Waals surface area contributed by atoms with E-state index in [1.807, 2.05) is 37.3 Å². The Morgan fingerprint density at radius 2 is 1.95 bits per heavy atom. The highest BCUT2D eigenvalue weighted by Crippen LogP contribution is 2.24. The lowest BCUT2D eigenvalue weighted by atomic mass is 10.1. The van der Waals surface area contributed by atoms with Crippen LogP contribution in [0.3, 0.4) is 0 Å². The summed E-state index contributed by atoms with van der Waals surface area (Å²) < 4.78 is 5.23. The van der Waals surface area contributed by atoms with E-state index in [-0.39, 0.29) is 5.91 Å². The zero-order valence-corrected chi connectivity index (χ0v) is 10.4. The largest absolute Gasteiger partial charge is 0.465 e. The van der Waals surface area contributed by atoms with E-state index in [9.17, 15) is 4.79 Å². The fourth-order valence-corrected chi connectivity index (χ4v) is 1.94. The van der Waals surface area contributed by atoms with Crippen molar-refractivity contribution in [1.82, 2.24) is 0 Å². The summed E-state index contributed by atoms with van der Waals surface area (Å²) in [5.41, 5.74) is 2.00. The van der Waals surface area contributed by atoms with Gasteiger partial charge in [0.2, 0.25) is 0 Å². The third-order valence-corrected chi connectivity index (χ3v) is 2.89. The summed E-state index contributed by atoms with van der Waals surface area (Å²) in [6.07, 6.45) is 3.29. The Kier molecular flexibility index (Phi) is 2.76. The van der Waals surface area contributed by atoms with E-state index in [2.05, 4.69) is 5.10 Å². The number of para-hydroxylation sites is 1. The van der Waals surface area contributed by atoms with Crippen LogP contribution in [0.25, 0.3) is 6.08 Å². The first kappa shape index (κ1) is 11.5. The number of rotatable bonds is 2. The normalized spacial score (nSPS) is 17.1.